The summed E-state index contributed by atoms with van der Waals surface area (Å²) < 4.78 is 0. The lowest BCUT2D eigenvalue weighted by Crippen LogP contribution is -2.05. The Balaban J connectivity index is 2.19. The van der Waals surface area contributed by atoms with Crippen molar-refractivity contribution in [1.82, 2.24) is 0 Å². The maximum atomic E-state index is 10.3. The zero-order chi connectivity index (χ0) is 10.7. The van der Waals surface area contributed by atoms with Crippen LogP contribution in [-0.2, 0) is 6.42 Å². The number of allylic oxidation sites excluding steroid dienone is 1. The van der Waals surface area contributed by atoms with E-state index in [1.54, 1.807) is 0 Å². The summed E-state index contributed by atoms with van der Waals surface area (Å²) in [6.45, 7) is 0.0279. The number of aryl methyl sites for hydroxylation is 1. The lowest BCUT2D eigenvalue weighted by Gasteiger charge is -2.16. The molecule has 0 bridgehead atoms. The SMILES string of the molecule is O=[N+]([O-])CCC1=CCCc2ccccc21. The Hall–Kier alpha value is -1.64. The zero-order valence-electron chi connectivity index (χ0n) is 8.48. The van der Waals surface area contributed by atoms with Gasteiger partial charge < -0.3 is 0 Å². The predicted molar refractivity (Wildman–Crippen MR) is 59.2 cm³/mol. The average molecular weight is 203 g/mol. The third kappa shape index (κ3) is 2.24. The van der Waals surface area contributed by atoms with Crippen molar-refractivity contribution in [1.29, 1.82) is 0 Å². The van der Waals surface area contributed by atoms with E-state index in [4.69, 9.17) is 0 Å². The Labute approximate surface area is 88.6 Å². The summed E-state index contributed by atoms with van der Waals surface area (Å²) in [6, 6.07) is 8.17. The molecule has 1 aliphatic rings. The standard InChI is InChI=1S/C12H13NO2/c14-13(15)9-8-11-6-3-5-10-4-1-2-7-12(10)11/h1-2,4,6-7H,3,5,8-9H2. The van der Waals surface area contributed by atoms with E-state index in [0.29, 0.717) is 6.42 Å². The summed E-state index contributed by atoms with van der Waals surface area (Å²) in [6.07, 6.45) is 4.73. The molecule has 15 heavy (non-hydrogen) atoms. The highest BCUT2D eigenvalue weighted by molar-refractivity contribution is 5.70. The molecule has 2 rings (SSSR count). The van der Waals surface area contributed by atoms with E-state index >= 15 is 0 Å². The lowest BCUT2D eigenvalue weighted by molar-refractivity contribution is -0.478. The van der Waals surface area contributed by atoms with Crippen molar-refractivity contribution in [3.05, 3.63) is 51.6 Å². The van der Waals surface area contributed by atoms with Crippen LogP contribution in [0, 0.1) is 10.1 Å². The molecule has 0 atom stereocenters. The summed E-state index contributed by atoms with van der Waals surface area (Å²) in [5, 5.41) is 10.3. The third-order valence-electron chi connectivity index (χ3n) is 2.73. The van der Waals surface area contributed by atoms with Gasteiger partial charge in [0, 0.05) is 11.3 Å². The van der Waals surface area contributed by atoms with Crippen molar-refractivity contribution in [2.24, 2.45) is 0 Å². The average Bonchev–Trinajstić information content (AvgIpc) is 2.26. The van der Waals surface area contributed by atoms with Gasteiger partial charge >= 0.3 is 0 Å². The molecule has 1 aliphatic carbocycles. The molecular weight excluding hydrogens is 190 g/mol. The van der Waals surface area contributed by atoms with E-state index < -0.39 is 0 Å². The molecule has 3 nitrogen and oxygen atoms in total. The molecule has 0 aliphatic heterocycles. The van der Waals surface area contributed by atoms with Gasteiger partial charge in [0.1, 0.15) is 0 Å². The van der Waals surface area contributed by atoms with Crippen LogP contribution in [0.4, 0.5) is 0 Å². The molecule has 1 aromatic rings. The van der Waals surface area contributed by atoms with Gasteiger partial charge in [0.25, 0.3) is 0 Å². The fraction of sp³-hybridized carbons (Fsp3) is 0.333. The maximum absolute atomic E-state index is 10.3. The highest BCUT2D eigenvalue weighted by atomic mass is 16.6. The van der Waals surface area contributed by atoms with Crippen LogP contribution in [0.5, 0.6) is 0 Å². The molecule has 0 fully saturated rings. The Morgan fingerprint density at radius 3 is 2.93 bits per heavy atom. The Kier molecular flexibility index (Phi) is 2.81. The van der Waals surface area contributed by atoms with Crippen LogP contribution >= 0.6 is 0 Å². The van der Waals surface area contributed by atoms with E-state index in [0.717, 1.165) is 18.4 Å². The van der Waals surface area contributed by atoms with Crippen molar-refractivity contribution >= 4 is 5.57 Å². The first-order valence-corrected chi connectivity index (χ1v) is 5.16. The van der Waals surface area contributed by atoms with Crippen LogP contribution in [0.25, 0.3) is 5.57 Å². The maximum Gasteiger partial charge on any atom is 0.207 e. The van der Waals surface area contributed by atoms with Crippen molar-refractivity contribution in [2.75, 3.05) is 6.54 Å². The molecule has 0 spiro atoms. The minimum absolute atomic E-state index is 0.0279. The molecule has 0 amide bonds. The number of benzene rings is 1. The molecular formula is C12H13NO2. The quantitative estimate of drug-likeness (QED) is 0.560. The summed E-state index contributed by atoms with van der Waals surface area (Å²) in [5.41, 5.74) is 3.65. The molecule has 3 heteroatoms. The first kappa shape index (κ1) is 9.90. The van der Waals surface area contributed by atoms with Gasteiger partial charge in [-0.3, -0.25) is 10.1 Å². The largest absolute Gasteiger partial charge is 0.265 e. The number of rotatable bonds is 3. The van der Waals surface area contributed by atoms with Crippen LogP contribution in [0.15, 0.2) is 30.3 Å². The number of nitrogens with zero attached hydrogens (tertiary/aromatic N) is 1. The predicted octanol–water partition coefficient (Wildman–Crippen LogP) is 2.68. The smallest absolute Gasteiger partial charge is 0.207 e. The van der Waals surface area contributed by atoms with Crippen molar-refractivity contribution in [2.45, 2.75) is 19.3 Å². The van der Waals surface area contributed by atoms with Gasteiger partial charge in [-0.25, -0.2) is 0 Å². The topological polar surface area (TPSA) is 43.1 Å². The van der Waals surface area contributed by atoms with Gasteiger partial charge in [-0.2, -0.15) is 0 Å². The van der Waals surface area contributed by atoms with Gasteiger partial charge in [-0.05, 0) is 29.5 Å². The number of fused-ring (bicyclic) bond motifs is 1. The van der Waals surface area contributed by atoms with E-state index in [1.165, 1.54) is 11.1 Å². The van der Waals surface area contributed by atoms with Crippen LogP contribution < -0.4 is 0 Å². The molecule has 0 N–H and O–H groups in total. The van der Waals surface area contributed by atoms with E-state index in [-0.39, 0.29) is 11.5 Å². The molecule has 0 saturated carbocycles. The first-order chi connectivity index (χ1) is 7.27. The Morgan fingerprint density at radius 2 is 2.13 bits per heavy atom. The van der Waals surface area contributed by atoms with Crippen molar-refractivity contribution < 1.29 is 4.92 Å². The minimum atomic E-state index is -0.252. The normalized spacial score (nSPS) is 14.3. The second-order valence-electron chi connectivity index (χ2n) is 3.73. The van der Waals surface area contributed by atoms with Crippen molar-refractivity contribution in [3.63, 3.8) is 0 Å². The minimum Gasteiger partial charge on any atom is -0.265 e. The van der Waals surface area contributed by atoms with E-state index in [2.05, 4.69) is 18.2 Å². The third-order valence-corrected chi connectivity index (χ3v) is 2.73. The van der Waals surface area contributed by atoms with Gasteiger partial charge in [0.05, 0.1) is 0 Å². The highest BCUT2D eigenvalue weighted by Gasteiger charge is 2.13. The second kappa shape index (κ2) is 4.26. The van der Waals surface area contributed by atoms with Crippen LogP contribution in [0.1, 0.15) is 24.0 Å². The molecule has 0 saturated heterocycles. The van der Waals surface area contributed by atoms with Crippen LogP contribution in [0.3, 0.4) is 0 Å². The fourth-order valence-electron chi connectivity index (χ4n) is 2.01. The molecule has 78 valence electrons. The number of hydrogen-bond acceptors (Lipinski definition) is 2. The van der Waals surface area contributed by atoms with Gasteiger partial charge in [-0.15, -0.1) is 0 Å². The van der Waals surface area contributed by atoms with Crippen molar-refractivity contribution in [3.8, 4) is 0 Å². The number of hydrogen-bond donors (Lipinski definition) is 0. The van der Waals surface area contributed by atoms with Gasteiger partial charge in [-0.1, -0.05) is 30.3 Å². The Bertz CT molecular complexity index is 410. The molecule has 0 radical (unpaired) electrons. The monoisotopic (exact) mass is 203 g/mol. The van der Waals surface area contributed by atoms with Gasteiger partial charge in [0.15, 0.2) is 0 Å². The summed E-state index contributed by atoms with van der Waals surface area (Å²) in [7, 11) is 0. The van der Waals surface area contributed by atoms with Crippen LogP contribution in [-0.4, -0.2) is 11.5 Å². The molecule has 0 aromatic heterocycles. The first-order valence-electron chi connectivity index (χ1n) is 5.16. The van der Waals surface area contributed by atoms with E-state index in [9.17, 15) is 10.1 Å². The molecule has 1 aromatic carbocycles. The van der Waals surface area contributed by atoms with Gasteiger partial charge in [0.2, 0.25) is 6.54 Å². The van der Waals surface area contributed by atoms with E-state index in [1.807, 2.05) is 12.1 Å². The summed E-state index contributed by atoms with van der Waals surface area (Å²) in [4.78, 5) is 10.1. The van der Waals surface area contributed by atoms with Crippen LogP contribution in [0.2, 0.25) is 0 Å². The lowest BCUT2D eigenvalue weighted by atomic mass is 9.89. The second-order valence-corrected chi connectivity index (χ2v) is 3.73. The zero-order valence-corrected chi connectivity index (χ0v) is 8.48. The molecule has 0 heterocycles. The Morgan fingerprint density at radius 1 is 1.33 bits per heavy atom. The summed E-state index contributed by atoms with van der Waals surface area (Å²) >= 11 is 0. The summed E-state index contributed by atoms with van der Waals surface area (Å²) in [5.74, 6) is 0. The number of nitro groups is 1. The molecule has 0 unspecified atom stereocenters. The highest BCUT2D eigenvalue weighted by Crippen LogP contribution is 2.28. The fourth-order valence-corrected chi connectivity index (χ4v) is 2.01.